The Kier molecular flexibility index (Phi) is 3.72. The maximum Gasteiger partial charge on any atom is 0.160 e. The number of carbonyl (C=O) groups excluding carboxylic acids is 1. The van der Waals surface area contributed by atoms with Crippen LogP contribution in [-0.2, 0) is 0 Å². The van der Waals surface area contributed by atoms with E-state index in [9.17, 15) is 9.90 Å². The van der Waals surface area contributed by atoms with E-state index in [1.54, 1.807) is 6.07 Å². The maximum atomic E-state index is 11.1. The average Bonchev–Trinajstić information content (AvgIpc) is 2.13. The number of hydrogen-bond donors (Lipinski definition) is 1. The summed E-state index contributed by atoms with van der Waals surface area (Å²) in [6.07, 6.45) is 0. The molecule has 1 aromatic rings. The van der Waals surface area contributed by atoms with Crippen molar-refractivity contribution in [3.63, 3.8) is 0 Å². The van der Waals surface area contributed by atoms with Crippen LogP contribution in [0.25, 0.3) is 0 Å². The van der Waals surface area contributed by atoms with Gasteiger partial charge in [0.05, 0.1) is 6.61 Å². The molecule has 0 radical (unpaired) electrons. The number of ether oxygens (including phenoxy) is 1. The number of Topliss-reactive ketones (excluding diaryl/α,β-unsaturated/α-hetero) is 1. The minimum atomic E-state index is -0.0831. The zero-order chi connectivity index (χ0) is 11.4. The van der Waals surface area contributed by atoms with Crippen molar-refractivity contribution in [1.82, 2.24) is 0 Å². The summed E-state index contributed by atoms with van der Waals surface area (Å²) >= 11 is 0. The molecule has 0 saturated carbocycles. The molecular formula is C12H16O3. The summed E-state index contributed by atoms with van der Waals surface area (Å²) in [4.78, 5) is 11.1. The Morgan fingerprint density at radius 1 is 1.40 bits per heavy atom. The van der Waals surface area contributed by atoms with Crippen LogP contribution >= 0.6 is 0 Å². The minimum absolute atomic E-state index is 0.0569. The minimum Gasteiger partial charge on any atom is -0.508 e. The molecule has 3 heteroatoms. The predicted molar refractivity (Wildman–Crippen MR) is 58.4 cm³/mol. The lowest BCUT2D eigenvalue weighted by Gasteiger charge is -2.09. The third kappa shape index (κ3) is 3.62. The summed E-state index contributed by atoms with van der Waals surface area (Å²) in [6.45, 7) is 6.10. The summed E-state index contributed by atoms with van der Waals surface area (Å²) in [6, 6.07) is 4.59. The first-order valence-electron chi connectivity index (χ1n) is 4.97. The van der Waals surface area contributed by atoms with Gasteiger partial charge in [-0.25, -0.2) is 0 Å². The third-order valence-electron chi connectivity index (χ3n) is 1.88. The normalized spacial score (nSPS) is 10.4. The molecule has 15 heavy (non-hydrogen) atoms. The molecule has 3 nitrogen and oxygen atoms in total. The van der Waals surface area contributed by atoms with Gasteiger partial charge in [0, 0.05) is 11.6 Å². The lowest BCUT2D eigenvalue weighted by Crippen LogP contribution is -2.05. The van der Waals surface area contributed by atoms with Crippen molar-refractivity contribution in [2.24, 2.45) is 5.92 Å². The van der Waals surface area contributed by atoms with Crippen molar-refractivity contribution in [2.75, 3.05) is 6.61 Å². The molecule has 0 spiro atoms. The molecule has 1 rings (SSSR count). The number of phenolic OH excluding ortho intramolecular Hbond substituents is 1. The van der Waals surface area contributed by atoms with Gasteiger partial charge in [-0.05, 0) is 25.0 Å². The number of rotatable bonds is 4. The molecule has 0 amide bonds. The summed E-state index contributed by atoms with van der Waals surface area (Å²) in [5.41, 5.74) is 0.466. The molecule has 0 atom stereocenters. The lowest BCUT2D eigenvalue weighted by atomic mass is 10.1. The zero-order valence-electron chi connectivity index (χ0n) is 9.28. The maximum absolute atomic E-state index is 11.1. The van der Waals surface area contributed by atoms with Crippen LogP contribution in [0.5, 0.6) is 11.5 Å². The Balaban J connectivity index is 2.84. The summed E-state index contributed by atoms with van der Waals surface area (Å²) in [7, 11) is 0. The molecule has 82 valence electrons. The third-order valence-corrected chi connectivity index (χ3v) is 1.88. The predicted octanol–water partition coefficient (Wildman–Crippen LogP) is 2.63. The molecule has 0 saturated heterocycles. The second kappa shape index (κ2) is 4.82. The standard InChI is InChI=1S/C12H16O3/c1-8(2)7-15-12-5-10(9(3)13)4-11(14)6-12/h4-6,8,14H,7H2,1-3H3. The number of carbonyl (C=O) groups is 1. The van der Waals surface area contributed by atoms with Crippen LogP contribution in [0.3, 0.4) is 0 Å². The van der Waals surface area contributed by atoms with Gasteiger partial charge in [0.25, 0.3) is 0 Å². The Hall–Kier alpha value is -1.51. The van der Waals surface area contributed by atoms with Crippen LogP contribution in [0, 0.1) is 5.92 Å². The van der Waals surface area contributed by atoms with Crippen LogP contribution in [0.15, 0.2) is 18.2 Å². The molecule has 0 aromatic heterocycles. The molecule has 0 aliphatic heterocycles. The van der Waals surface area contributed by atoms with Crippen molar-refractivity contribution < 1.29 is 14.6 Å². The van der Waals surface area contributed by atoms with E-state index in [-0.39, 0.29) is 11.5 Å². The Morgan fingerprint density at radius 3 is 2.60 bits per heavy atom. The van der Waals surface area contributed by atoms with E-state index >= 15 is 0 Å². The van der Waals surface area contributed by atoms with Gasteiger partial charge in [0.2, 0.25) is 0 Å². The van der Waals surface area contributed by atoms with Crippen molar-refractivity contribution in [3.8, 4) is 11.5 Å². The van der Waals surface area contributed by atoms with Gasteiger partial charge in [0.1, 0.15) is 11.5 Å². The topological polar surface area (TPSA) is 46.5 Å². The van der Waals surface area contributed by atoms with E-state index in [0.717, 1.165) is 0 Å². The lowest BCUT2D eigenvalue weighted by molar-refractivity contribution is 0.101. The first-order chi connectivity index (χ1) is 6.99. The van der Waals surface area contributed by atoms with Crippen LogP contribution in [-0.4, -0.2) is 17.5 Å². The highest BCUT2D eigenvalue weighted by Crippen LogP contribution is 2.22. The Labute approximate surface area is 89.7 Å². The number of ketones is 1. The first kappa shape index (κ1) is 11.6. The second-order valence-corrected chi connectivity index (χ2v) is 3.98. The molecule has 0 fully saturated rings. The van der Waals surface area contributed by atoms with Crippen molar-refractivity contribution in [1.29, 1.82) is 0 Å². The smallest absolute Gasteiger partial charge is 0.160 e. The van der Waals surface area contributed by atoms with Gasteiger partial charge in [-0.1, -0.05) is 13.8 Å². The summed E-state index contributed by atoms with van der Waals surface area (Å²) < 4.78 is 5.43. The highest BCUT2D eigenvalue weighted by Gasteiger charge is 2.05. The molecule has 0 bridgehead atoms. The van der Waals surface area contributed by atoms with Gasteiger partial charge in [-0.15, -0.1) is 0 Å². The summed E-state index contributed by atoms with van der Waals surface area (Å²) in [5.74, 6) is 0.920. The van der Waals surface area contributed by atoms with Crippen LogP contribution in [0.4, 0.5) is 0 Å². The molecule has 0 heterocycles. The molecule has 0 unspecified atom stereocenters. The highest BCUT2D eigenvalue weighted by atomic mass is 16.5. The van der Waals surface area contributed by atoms with Crippen molar-refractivity contribution in [2.45, 2.75) is 20.8 Å². The number of benzene rings is 1. The molecule has 1 aromatic carbocycles. The van der Waals surface area contributed by atoms with Crippen molar-refractivity contribution in [3.05, 3.63) is 23.8 Å². The summed E-state index contributed by atoms with van der Waals surface area (Å²) in [5, 5.41) is 9.38. The van der Waals surface area contributed by atoms with Crippen LogP contribution in [0.1, 0.15) is 31.1 Å². The second-order valence-electron chi connectivity index (χ2n) is 3.98. The fourth-order valence-corrected chi connectivity index (χ4v) is 1.13. The van der Waals surface area contributed by atoms with E-state index in [1.807, 2.05) is 13.8 Å². The molecule has 0 aliphatic rings. The van der Waals surface area contributed by atoms with Crippen molar-refractivity contribution >= 4 is 5.78 Å². The Bertz CT molecular complexity index is 356. The van der Waals surface area contributed by atoms with Gasteiger partial charge < -0.3 is 9.84 Å². The largest absolute Gasteiger partial charge is 0.508 e. The van der Waals surface area contributed by atoms with Gasteiger partial charge >= 0.3 is 0 Å². The van der Waals surface area contributed by atoms with E-state index in [2.05, 4.69) is 0 Å². The fraction of sp³-hybridized carbons (Fsp3) is 0.417. The molecule has 0 aliphatic carbocycles. The van der Waals surface area contributed by atoms with Crippen LogP contribution < -0.4 is 4.74 Å². The van der Waals surface area contributed by atoms with Gasteiger partial charge in [0.15, 0.2) is 5.78 Å². The SMILES string of the molecule is CC(=O)c1cc(O)cc(OCC(C)C)c1. The number of phenols is 1. The van der Waals surface area contributed by atoms with E-state index in [4.69, 9.17) is 4.74 Å². The van der Waals surface area contributed by atoms with E-state index in [0.29, 0.717) is 23.8 Å². The quantitative estimate of drug-likeness (QED) is 0.774. The van der Waals surface area contributed by atoms with Gasteiger partial charge in [-0.2, -0.15) is 0 Å². The van der Waals surface area contributed by atoms with E-state index < -0.39 is 0 Å². The van der Waals surface area contributed by atoms with Crippen LogP contribution in [0.2, 0.25) is 0 Å². The monoisotopic (exact) mass is 208 g/mol. The molecule has 1 N–H and O–H groups in total. The highest BCUT2D eigenvalue weighted by molar-refractivity contribution is 5.94. The zero-order valence-corrected chi connectivity index (χ0v) is 9.28. The number of hydrogen-bond acceptors (Lipinski definition) is 3. The number of aromatic hydroxyl groups is 1. The fourth-order valence-electron chi connectivity index (χ4n) is 1.13. The van der Waals surface area contributed by atoms with E-state index in [1.165, 1.54) is 19.1 Å². The average molecular weight is 208 g/mol. The van der Waals surface area contributed by atoms with Gasteiger partial charge in [-0.3, -0.25) is 4.79 Å². The first-order valence-corrected chi connectivity index (χ1v) is 4.97. The molecular weight excluding hydrogens is 192 g/mol. The Morgan fingerprint density at radius 2 is 2.07 bits per heavy atom.